The third-order valence-corrected chi connectivity index (χ3v) is 4.24. The Labute approximate surface area is 177 Å². The first-order valence-electron chi connectivity index (χ1n) is 9.85. The molecular formula is C22H29ClN4O2. The predicted octanol–water partition coefficient (Wildman–Crippen LogP) is 3.15. The van der Waals surface area contributed by atoms with Crippen LogP contribution in [-0.4, -0.2) is 38.1 Å². The van der Waals surface area contributed by atoms with E-state index in [1.165, 1.54) is 5.56 Å². The Balaban J connectivity index is 1.88. The van der Waals surface area contributed by atoms with Gasteiger partial charge in [-0.05, 0) is 55.7 Å². The van der Waals surface area contributed by atoms with Crippen LogP contribution in [0.4, 0.5) is 0 Å². The molecule has 0 saturated carbocycles. The summed E-state index contributed by atoms with van der Waals surface area (Å²) in [6.45, 7) is 6.54. The van der Waals surface area contributed by atoms with E-state index in [2.05, 4.69) is 27.0 Å². The summed E-state index contributed by atoms with van der Waals surface area (Å²) in [6, 6.07) is 15.5. The first-order valence-corrected chi connectivity index (χ1v) is 10.2. The normalized spacial score (nSPS) is 11.1. The fourth-order valence-corrected chi connectivity index (χ4v) is 2.87. The molecule has 2 rings (SSSR count). The second-order valence-corrected chi connectivity index (χ2v) is 6.83. The zero-order valence-electron chi connectivity index (χ0n) is 17.0. The maximum absolute atomic E-state index is 11.5. The lowest BCUT2D eigenvalue weighted by molar-refractivity contribution is -0.122. The van der Waals surface area contributed by atoms with Gasteiger partial charge in [0.25, 0.3) is 5.91 Å². The van der Waals surface area contributed by atoms with E-state index >= 15 is 0 Å². The van der Waals surface area contributed by atoms with Gasteiger partial charge in [0.05, 0.1) is 6.54 Å². The van der Waals surface area contributed by atoms with Gasteiger partial charge in [-0.15, -0.1) is 0 Å². The summed E-state index contributed by atoms with van der Waals surface area (Å²) in [6.07, 6.45) is 0.855. The molecule has 0 aliphatic heterocycles. The molecule has 6 nitrogen and oxygen atoms in total. The van der Waals surface area contributed by atoms with Crippen LogP contribution in [0.2, 0.25) is 5.02 Å². The van der Waals surface area contributed by atoms with Gasteiger partial charge in [0.1, 0.15) is 5.75 Å². The number of aliphatic imine (C=N–C) groups is 1. The number of nitrogens with one attached hydrogen (secondary N) is 3. The number of hydrogen-bond acceptors (Lipinski definition) is 3. The van der Waals surface area contributed by atoms with E-state index in [0.29, 0.717) is 18.8 Å². The lowest BCUT2D eigenvalue weighted by Crippen LogP contribution is -2.38. The van der Waals surface area contributed by atoms with Gasteiger partial charge in [-0.25, -0.2) is 4.99 Å². The molecule has 0 radical (unpaired) electrons. The fraction of sp³-hybridized carbons (Fsp3) is 0.364. The topological polar surface area (TPSA) is 74.8 Å². The highest BCUT2D eigenvalue weighted by atomic mass is 35.5. The molecule has 2 aromatic rings. The van der Waals surface area contributed by atoms with Crippen LogP contribution in [0.25, 0.3) is 0 Å². The number of amides is 1. The Hall–Kier alpha value is -2.73. The zero-order chi connectivity index (χ0) is 20.9. The number of hydrogen-bond donors (Lipinski definition) is 3. The zero-order valence-corrected chi connectivity index (χ0v) is 17.8. The number of rotatable bonds is 10. The quantitative estimate of drug-likeness (QED) is 0.411. The molecule has 0 atom stereocenters. The van der Waals surface area contributed by atoms with Crippen molar-refractivity contribution < 1.29 is 9.53 Å². The van der Waals surface area contributed by atoms with Gasteiger partial charge in [-0.3, -0.25) is 4.79 Å². The van der Waals surface area contributed by atoms with Crippen molar-refractivity contribution in [2.75, 3.05) is 26.2 Å². The summed E-state index contributed by atoms with van der Waals surface area (Å²) in [5, 5.41) is 10.0. The van der Waals surface area contributed by atoms with Gasteiger partial charge in [-0.1, -0.05) is 35.9 Å². The molecule has 7 heteroatoms. The molecule has 0 aromatic heterocycles. The average molecular weight is 417 g/mol. The van der Waals surface area contributed by atoms with E-state index in [0.717, 1.165) is 36.1 Å². The highest BCUT2D eigenvalue weighted by molar-refractivity contribution is 6.30. The van der Waals surface area contributed by atoms with Crippen LogP contribution in [0.1, 0.15) is 25.0 Å². The molecule has 0 fully saturated rings. The molecular weight excluding hydrogens is 388 g/mol. The van der Waals surface area contributed by atoms with Crippen molar-refractivity contribution in [1.82, 2.24) is 16.0 Å². The van der Waals surface area contributed by atoms with Crippen molar-refractivity contribution in [3.63, 3.8) is 0 Å². The Morgan fingerprint density at radius 3 is 2.52 bits per heavy atom. The largest absolute Gasteiger partial charge is 0.484 e. The van der Waals surface area contributed by atoms with E-state index < -0.39 is 0 Å². The number of benzene rings is 2. The molecule has 0 bridgehead atoms. The van der Waals surface area contributed by atoms with Gasteiger partial charge >= 0.3 is 0 Å². The summed E-state index contributed by atoms with van der Waals surface area (Å²) in [5.74, 6) is 1.28. The van der Waals surface area contributed by atoms with Gasteiger partial charge in [0.2, 0.25) is 0 Å². The SMILES string of the molecule is CCNC(=O)COc1cccc(CN=C(NCC)NCCc2cccc(Cl)c2)c1. The van der Waals surface area contributed by atoms with Crippen LogP contribution in [-0.2, 0) is 17.8 Å². The number of guanidine groups is 1. The Bertz CT molecular complexity index is 811. The van der Waals surface area contributed by atoms with Crippen molar-refractivity contribution in [2.24, 2.45) is 4.99 Å². The molecule has 29 heavy (non-hydrogen) atoms. The van der Waals surface area contributed by atoms with E-state index in [4.69, 9.17) is 16.3 Å². The first kappa shape index (κ1) is 22.6. The number of carbonyl (C=O) groups is 1. The molecule has 2 aromatic carbocycles. The minimum Gasteiger partial charge on any atom is -0.484 e. The maximum Gasteiger partial charge on any atom is 0.257 e. The summed E-state index contributed by atoms with van der Waals surface area (Å²) in [5.41, 5.74) is 2.18. The number of carbonyl (C=O) groups excluding carboxylic acids is 1. The van der Waals surface area contributed by atoms with Crippen LogP contribution in [0.15, 0.2) is 53.5 Å². The maximum atomic E-state index is 11.5. The summed E-state index contributed by atoms with van der Waals surface area (Å²) < 4.78 is 5.54. The molecule has 0 saturated heterocycles. The van der Waals surface area contributed by atoms with Crippen LogP contribution in [0.5, 0.6) is 5.75 Å². The molecule has 0 aliphatic rings. The minimum absolute atomic E-state index is 0.00819. The fourth-order valence-electron chi connectivity index (χ4n) is 2.66. The van der Waals surface area contributed by atoms with Crippen molar-refractivity contribution in [3.8, 4) is 5.75 Å². The molecule has 0 unspecified atom stereocenters. The van der Waals surface area contributed by atoms with E-state index in [1.54, 1.807) is 0 Å². The number of ether oxygens (including phenoxy) is 1. The van der Waals surface area contributed by atoms with Crippen LogP contribution in [0, 0.1) is 0 Å². The molecule has 0 aliphatic carbocycles. The lowest BCUT2D eigenvalue weighted by atomic mass is 10.1. The monoisotopic (exact) mass is 416 g/mol. The summed E-state index contributed by atoms with van der Waals surface area (Å²) in [4.78, 5) is 16.2. The van der Waals surface area contributed by atoms with Gasteiger partial charge in [0.15, 0.2) is 12.6 Å². The molecule has 0 spiro atoms. The van der Waals surface area contributed by atoms with Gasteiger partial charge in [0, 0.05) is 24.7 Å². The lowest BCUT2D eigenvalue weighted by Gasteiger charge is -2.12. The van der Waals surface area contributed by atoms with Crippen LogP contribution >= 0.6 is 11.6 Å². The first-order chi connectivity index (χ1) is 14.1. The van der Waals surface area contributed by atoms with E-state index in [9.17, 15) is 4.79 Å². The molecule has 0 heterocycles. The smallest absolute Gasteiger partial charge is 0.257 e. The number of nitrogens with zero attached hydrogens (tertiary/aromatic N) is 1. The van der Waals surface area contributed by atoms with Crippen molar-refractivity contribution in [3.05, 3.63) is 64.7 Å². The third kappa shape index (κ3) is 8.87. The predicted molar refractivity (Wildman–Crippen MR) is 119 cm³/mol. The highest BCUT2D eigenvalue weighted by Crippen LogP contribution is 2.14. The molecule has 3 N–H and O–H groups in total. The second-order valence-electron chi connectivity index (χ2n) is 6.39. The van der Waals surface area contributed by atoms with Gasteiger partial charge < -0.3 is 20.7 Å². The standard InChI is InChI=1S/C22H29ClN4O2/c1-3-24-21(28)16-29-20-10-6-8-18(14-20)15-27-22(25-4-2)26-12-11-17-7-5-9-19(23)13-17/h5-10,13-14H,3-4,11-12,15-16H2,1-2H3,(H,24,28)(H2,25,26,27). The van der Waals surface area contributed by atoms with E-state index in [-0.39, 0.29) is 12.5 Å². The molecule has 1 amide bonds. The highest BCUT2D eigenvalue weighted by Gasteiger charge is 2.03. The Morgan fingerprint density at radius 1 is 1.00 bits per heavy atom. The Morgan fingerprint density at radius 2 is 1.76 bits per heavy atom. The summed E-state index contributed by atoms with van der Waals surface area (Å²) in [7, 11) is 0. The second kappa shape index (κ2) is 12.7. The van der Waals surface area contributed by atoms with Crippen molar-refractivity contribution in [1.29, 1.82) is 0 Å². The Kier molecular flexibility index (Phi) is 9.86. The van der Waals surface area contributed by atoms with E-state index in [1.807, 2.05) is 56.3 Å². The molecule has 156 valence electrons. The average Bonchev–Trinajstić information content (AvgIpc) is 2.71. The van der Waals surface area contributed by atoms with Crippen molar-refractivity contribution >= 4 is 23.5 Å². The van der Waals surface area contributed by atoms with Crippen LogP contribution < -0.4 is 20.7 Å². The van der Waals surface area contributed by atoms with Gasteiger partial charge in [-0.2, -0.15) is 0 Å². The number of likely N-dealkylation sites (N-methyl/N-ethyl adjacent to an activating group) is 1. The summed E-state index contributed by atoms with van der Waals surface area (Å²) >= 11 is 6.03. The minimum atomic E-state index is -0.130. The van der Waals surface area contributed by atoms with Crippen LogP contribution in [0.3, 0.4) is 0 Å². The number of halogens is 1. The van der Waals surface area contributed by atoms with Crippen molar-refractivity contribution in [2.45, 2.75) is 26.8 Å². The third-order valence-electron chi connectivity index (χ3n) is 4.00.